The maximum Gasteiger partial charge on any atom is 0.305 e. The van der Waals surface area contributed by atoms with Gasteiger partial charge in [0.1, 0.15) is 0 Å². The lowest BCUT2D eigenvalue weighted by Gasteiger charge is -2.49. The van der Waals surface area contributed by atoms with Gasteiger partial charge in [-0.05, 0) is 36.5 Å². The van der Waals surface area contributed by atoms with Gasteiger partial charge in [-0.15, -0.1) is 23.2 Å². The number of hydrogen-bond acceptors (Lipinski definition) is 7. The molecule has 6 unspecified atom stereocenters. The summed E-state index contributed by atoms with van der Waals surface area (Å²) in [5.41, 5.74) is 1.24. The van der Waals surface area contributed by atoms with Gasteiger partial charge in [0.25, 0.3) is 11.8 Å². The number of fused-ring (bicyclic) bond motifs is 4. The van der Waals surface area contributed by atoms with Gasteiger partial charge in [0.05, 0.1) is 25.4 Å². The van der Waals surface area contributed by atoms with Crippen LogP contribution in [-0.4, -0.2) is 80.1 Å². The third-order valence-electron chi connectivity index (χ3n) is 8.40. The number of aliphatic carboxylic acids is 1. The van der Waals surface area contributed by atoms with Gasteiger partial charge in [-0.2, -0.15) is 0 Å². The van der Waals surface area contributed by atoms with E-state index in [1.807, 2.05) is 0 Å². The number of rotatable bonds is 6. The number of alkyl halides is 2. The highest BCUT2D eigenvalue weighted by atomic mass is 35.5. The fourth-order valence-electron chi connectivity index (χ4n) is 6.49. The second-order valence-corrected chi connectivity index (χ2v) is 11.5. The molecule has 1 saturated carbocycles. The summed E-state index contributed by atoms with van der Waals surface area (Å²) in [6, 6.07) is 4.66. The Hall–Kier alpha value is -3.37. The number of nitrogens with zero attached hydrogens (tertiary/aromatic N) is 2. The van der Waals surface area contributed by atoms with Crippen molar-refractivity contribution in [2.24, 2.45) is 23.7 Å². The number of phenolic OH excluding ortho intramolecular Hbond substituents is 1. The van der Waals surface area contributed by atoms with E-state index in [0.717, 1.165) is 9.80 Å². The van der Waals surface area contributed by atoms with Gasteiger partial charge in [-0.25, -0.2) is 0 Å². The molecular weight excluding hydrogens is 551 g/mol. The van der Waals surface area contributed by atoms with E-state index in [1.54, 1.807) is 30.4 Å². The molecule has 2 aliphatic carbocycles. The van der Waals surface area contributed by atoms with Crippen molar-refractivity contribution in [2.45, 2.75) is 29.0 Å². The van der Waals surface area contributed by atoms with Gasteiger partial charge in [-0.1, -0.05) is 29.9 Å². The SMILES string of the molecule is COc1cc(C=CC2C3=CCC4C(=O)N(CCC(=O)O)C(=O)C4C3CC3(Cl)C(=O)N(C)C(=O)C23Cl)ccc1O. The van der Waals surface area contributed by atoms with E-state index in [2.05, 4.69) is 0 Å². The number of ether oxygens (including phenoxy) is 1. The van der Waals surface area contributed by atoms with Crippen LogP contribution in [0.25, 0.3) is 6.08 Å². The zero-order valence-electron chi connectivity index (χ0n) is 21.1. The number of methoxy groups -OCH3 is 1. The number of allylic oxidation sites excluding steroid dienone is 3. The van der Waals surface area contributed by atoms with Gasteiger partial charge >= 0.3 is 5.97 Å². The molecule has 2 aliphatic heterocycles. The molecule has 10 nitrogen and oxygen atoms in total. The number of halogens is 2. The highest BCUT2D eigenvalue weighted by Gasteiger charge is 2.75. The van der Waals surface area contributed by atoms with Crippen LogP contribution in [0.5, 0.6) is 11.5 Å². The maximum atomic E-state index is 13.5. The van der Waals surface area contributed by atoms with Crippen molar-refractivity contribution in [3.05, 3.63) is 41.5 Å². The van der Waals surface area contributed by atoms with Crippen LogP contribution in [0.2, 0.25) is 0 Å². The van der Waals surface area contributed by atoms with E-state index in [1.165, 1.54) is 20.2 Å². The molecule has 39 heavy (non-hydrogen) atoms. The van der Waals surface area contributed by atoms with Crippen LogP contribution in [0.15, 0.2) is 35.9 Å². The third kappa shape index (κ3) is 3.79. The van der Waals surface area contributed by atoms with E-state index in [0.29, 0.717) is 11.1 Å². The van der Waals surface area contributed by atoms with Crippen molar-refractivity contribution < 1.29 is 38.9 Å². The summed E-state index contributed by atoms with van der Waals surface area (Å²) in [6.07, 6.45) is 4.79. The summed E-state index contributed by atoms with van der Waals surface area (Å²) in [5, 5.41) is 19.0. The smallest absolute Gasteiger partial charge is 0.305 e. The fraction of sp³-hybridized carbons (Fsp3) is 0.444. The van der Waals surface area contributed by atoms with E-state index in [-0.39, 0.29) is 37.3 Å². The number of carbonyl (C=O) groups is 5. The summed E-state index contributed by atoms with van der Waals surface area (Å²) in [4.78, 5) is 62.6. The Bertz CT molecular complexity index is 1380. The zero-order chi connectivity index (χ0) is 28.4. The first-order valence-electron chi connectivity index (χ1n) is 12.4. The first-order valence-corrected chi connectivity index (χ1v) is 13.1. The number of hydrogen-bond donors (Lipinski definition) is 2. The van der Waals surface area contributed by atoms with E-state index in [9.17, 15) is 29.1 Å². The fourth-order valence-corrected chi connectivity index (χ4v) is 7.47. The molecule has 2 heterocycles. The quantitative estimate of drug-likeness (QED) is 0.298. The summed E-state index contributed by atoms with van der Waals surface area (Å²) < 4.78 is 5.17. The van der Waals surface area contributed by atoms with Gasteiger partial charge < -0.3 is 14.9 Å². The van der Waals surface area contributed by atoms with Crippen LogP contribution in [0.3, 0.4) is 0 Å². The van der Waals surface area contributed by atoms with Crippen molar-refractivity contribution in [3.8, 4) is 11.5 Å². The van der Waals surface area contributed by atoms with Crippen molar-refractivity contribution in [3.63, 3.8) is 0 Å². The predicted molar refractivity (Wildman–Crippen MR) is 139 cm³/mol. The summed E-state index contributed by atoms with van der Waals surface area (Å²) in [6.45, 7) is -0.250. The molecule has 0 spiro atoms. The number of amides is 4. The number of phenols is 1. The second-order valence-electron chi connectivity index (χ2n) is 10.3. The van der Waals surface area contributed by atoms with E-state index < -0.39 is 63.0 Å². The molecule has 5 rings (SSSR count). The van der Waals surface area contributed by atoms with Crippen molar-refractivity contribution >= 4 is 58.9 Å². The highest BCUT2D eigenvalue weighted by Crippen LogP contribution is 2.63. The number of carbonyl (C=O) groups excluding carboxylic acids is 4. The number of likely N-dealkylation sites (tertiary alicyclic amines) is 2. The molecule has 6 atom stereocenters. The van der Waals surface area contributed by atoms with Crippen LogP contribution >= 0.6 is 23.2 Å². The number of carboxylic acids is 1. The number of benzene rings is 1. The molecule has 4 amide bonds. The molecule has 3 fully saturated rings. The molecule has 2 saturated heterocycles. The average molecular weight is 577 g/mol. The Morgan fingerprint density at radius 2 is 1.87 bits per heavy atom. The van der Waals surface area contributed by atoms with Crippen molar-refractivity contribution in [1.29, 1.82) is 0 Å². The molecule has 0 aromatic heterocycles. The molecule has 0 radical (unpaired) electrons. The monoisotopic (exact) mass is 576 g/mol. The van der Waals surface area contributed by atoms with Crippen molar-refractivity contribution in [1.82, 2.24) is 9.80 Å². The standard InChI is InChI=1S/C27H26Cl2N2O8/c1-30-24(37)26(28)12-16-14(5-6-15-21(16)23(36)31(22(15)35)10-9-20(33)34)17(27(26,29)25(30)38)7-3-13-4-8-18(32)19(11-13)39-2/h3-5,7-8,11,15-17,21,32H,6,9-10,12H2,1-2H3,(H,33,34). The summed E-state index contributed by atoms with van der Waals surface area (Å²) in [7, 11) is 2.72. The lowest BCUT2D eigenvalue weighted by Crippen LogP contribution is -2.60. The lowest BCUT2D eigenvalue weighted by atomic mass is 9.57. The Morgan fingerprint density at radius 3 is 2.54 bits per heavy atom. The number of carboxylic acid groups (broad SMARTS) is 1. The Balaban J connectivity index is 1.59. The maximum absolute atomic E-state index is 13.5. The minimum atomic E-state index is -1.89. The highest BCUT2D eigenvalue weighted by molar-refractivity contribution is 6.53. The van der Waals surface area contributed by atoms with E-state index in [4.69, 9.17) is 33.0 Å². The molecule has 2 N–H and O–H groups in total. The van der Waals surface area contributed by atoms with Crippen LogP contribution in [-0.2, 0) is 24.0 Å². The molecule has 1 aromatic carbocycles. The van der Waals surface area contributed by atoms with Gasteiger partial charge in [0.15, 0.2) is 21.2 Å². The van der Waals surface area contributed by atoms with Crippen LogP contribution in [0.1, 0.15) is 24.8 Å². The third-order valence-corrected chi connectivity index (χ3v) is 9.83. The lowest BCUT2D eigenvalue weighted by molar-refractivity contribution is -0.143. The Labute approximate surface area is 233 Å². The van der Waals surface area contributed by atoms with Crippen LogP contribution < -0.4 is 4.74 Å². The second kappa shape index (κ2) is 9.38. The van der Waals surface area contributed by atoms with Gasteiger partial charge in [0.2, 0.25) is 11.8 Å². The topological polar surface area (TPSA) is 142 Å². The summed E-state index contributed by atoms with van der Waals surface area (Å²) >= 11 is 14.1. The van der Waals surface area contributed by atoms with E-state index >= 15 is 0 Å². The van der Waals surface area contributed by atoms with Crippen LogP contribution in [0.4, 0.5) is 0 Å². The molecule has 206 valence electrons. The minimum absolute atomic E-state index is 0.0583. The zero-order valence-corrected chi connectivity index (χ0v) is 22.6. The Kier molecular flexibility index (Phi) is 6.54. The normalized spacial score (nSPS) is 33.8. The van der Waals surface area contributed by atoms with Gasteiger partial charge in [0, 0.05) is 19.5 Å². The van der Waals surface area contributed by atoms with Gasteiger partial charge in [-0.3, -0.25) is 33.8 Å². The first-order chi connectivity index (χ1) is 18.4. The molecule has 0 bridgehead atoms. The first kappa shape index (κ1) is 27.2. The largest absolute Gasteiger partial charge is 0.504 e. The molecular formula is C27H26Cl2N2O8. The average Bonchev–Trinajstić information content (AvgIpc) is 3.22. The molecule has 1 aromatic rings. The number of imide groups is 2. The molecule has 12 heteroatoms. The predicted octanol–water partition coefficient (Wildman–Crippen LogP) is 2.41. The van der Waals surface area contributed by atoms with Crippen LogP contribution in [0, 0.1) is 23.7 Å². The minimum Gasteiger partial charge on any atom is -0.504 e. The van der Waals surface area contributed by atoms with Crippen molar-refractivity contribution in [2.75, 3.05) is 20.7 Å². The Morgan fingerprint density at radius 1 is 1.15 bits per heavy atom. The summed E-state index contributed by atoms with van der Waals surface area (Å²) in [5.74, 6) is -6.45. The molecule has 4 aliphatic rings. The number of aromatic hydroxyl groups is 1.